The molecule has 2 aromatic rings. The number of carbonyl (C=O) groups is 2. The molecule has 0 saturated carbocycles. The molecule has 4 N–H and O–H groups in total. The van der Waals surface area contributed by atoms with Crippen LogP contribution in [0.3, 0.4) is 0 Å². The highest BCUT2D eigenvalue weighted by molar-refractivity contribution is 5.95. The lowest BCUT2D eigenvalue weighted by Crippen LogP contribution is -2.34. The van der Waals surface area contributed by atoms with Gasteiger partial charge >= 0.3 is 11.9 Å². The zero-order valence-corrected chi connectivity index (χ0v) is 36.8. The quantitative estimate of drug-likeness (QED) is 0.148. The summed E-state index contributed by atoms with van der Waals surface area (Å²) >= 11 is 0. The number of rotatable bonds is 8. The maximum atomic E-state index is 12.9. The Kier molecular flexibility index (Phi) is 19.6. The maximum absolute atomic E-state index is 12.9. The normalized spacial score (nSPS) is 27.9. The average Bonchev–Trinajstić information content (AvgIpc) is 3.61. The highest BCUT2D eigenvalue weighted by Crippen LogP contribution is 2.35. The van der Waals surface area contributed by atoms with Crippen LogP contribution in [-0.4, -0.2) is 92.8 Å². The predicted octanol–water partition coefficient (Wildman–Crippen LogP) is 9.47. The fourth-order valence-corrected chi connectivity index (χ4v) is 7.61. The van der Waals surface area contributed by atoms with Gasteiger partial charge in [0.05, 0.1) is 29.4 Å². The molecule has 2 fully saturated rings. The topological polar surface area (TPSA) is 161 Å². The Bertz CT molecular complexity index is 1900. The second-order valence-electron chi connectivity index (χ2n) is 17.3. The van der Waals surface area contributed by atoms with Crippen LogP contribution in [0.15, 0.2) is 60.7 Å². The van der Waals surface area contributed by atoms with Crippen molar-refractivity contribution in [3.05, 3.63) is 105 Å². The summed E-state index contributed by atoms with van der Waals surface area (Å²) in [5, 5.41) is 40.5. The predicted molar refractivity (Wildman–Crippen MR) is 242 cm³/mol. The van der Waals surface area contributed by atoms with Gasteiger partial charge in [0.25, 0.3) is 0 Å². The number of aryl methyl sites for hydroxylation is 4. The molecule has 61 heavy (non-hydrogen) atoms. The fourth-order valence-electron chi connectivity index (χ4n) is 7.61. The number of aliphatic hydroxyl groups is 3. The number of benzene rings is 2. The number of ether oxygens (including phenoxy) is 5. The largest absolute Gasteiger partial charge is 0.478 e. The summed E-state index contributed by atoms with van der Waals surface area (Å²) in [6, 6.07) is 7.68. The molecule has 0 radical (unpaired) electrons. The van der Waals surface area contributed by atoms with Gasteiger partial charge in [0.2, 0.25) is 0 Å². The Hall–Kier alpha value is -3.94. The molecule has 3 aliphatic rings. The van der Waals surface area contributed by atoms with Gasteiger partial charge in [-0.1, -0.05) is 113 Å². The molecule has 3 aliphatic heterocycles. The van der Waals surface area contributed by atoms with Crippen LogP contribution in [0.5, 0.6) is 0 Å². The minimum absolute atomic E-state index is 0. The van der Waals surface area contributed by atoms with Crippen molar-refractivity contribution in [2.75, 3.05) is 0 Å². The highest BCUT2D eigenvalue weighted by atomic mass is 16.8. The van der Waals surface area contributed by atoms with E-state index >= 15 is 0 Å². The molecule has 0 aromatic heterocycles. The van der Waals surface area contributed by atoms with Crippen molar-refractivity contribution in [2.45, 2.75) is 171 Å². The third-order valence-electron chi connectivity index (χ3n) is 10.9. The molecule has 340 valence electrons. The summed E-state index contributed by atoms with van der Waals surface area (Å²) in [6.45, 7) is 22.4. The van der Waals surface area contributed by atoms with Crippen LogP contribution in [0.1, 0.15) is 137 Å². The second-order valence-corrected chi connectivity index (χ2v) is 17.3. The van der Waals surface area contributed by atoms with Crippen LogP contribution in [0, 0.1) is 39.5 Å². The van der Waals surface area contributed by atoms with Gasteiger partial charge in [0.1, 0.15) is 30.5 Å². The zero-order valence-electron chi connectivity index (χ0n) is 36.8. The Morgan fingerprint density at radius 2 is 1.49 bits per heavy atom. The number of fused-ring (bicyclic) bond motifs is 2. The van der Waals surface area contributed by atoms with Gasteiger partial charge in [0, 0.05) is 5.92 Å². The van der Waals surface area contributed by atoms with Gasteiger partial charge in [-0.2, -0.15) is 0 Å². The van der Waals surface area contributed by atoms with Crippen molar-refractivity contribution < 1.29 is 53.7 Å². The molecule has 10 atom stereocenters. The van der Waals surface area contributed by atoms with E-state index in [0.29, 0.717) is 24.0 Å². The van der Waals surface area contributed by atoms with Crippen LogP contribution in [0.4, 0.5) is 0 Å². The molecule has 0 aliphatic carbocycles. The third-order valence-corrected chi connectivity index (χ3v) is 10.9. The lowest BCUT2D eigenvalue weighted by molar-refractivity contribution is -0.152. The van der Waals surface area contributed by atoms with Crippen molar-refractivity contribution in [1.82, 2.24) is 0 Å². The molecule has 11 nitrogen and oxygen atoms in total. The zero-order chi connectivity index (χ0) is 44.0. The molecule has 2 unspecified atom stereocenters. The van der Waals surface area contributed by atoms with Crippen molar-refractivity contribution >= 4 is 24.1 Å². The van der Waals surface area contributed by atoms with Gasteiger partial charge < -0.3 is 44.1 Å². The number of esters is 1. The summed E-state index contributed by atoms with van der Waals surface area (Å²) in [4.78, 5) is 24.6. The lowest BCUT2D eigenvalue weighted by Gasteiger charge is -2.22. The fraction of sp³-hybridized carbons (Fsp3) is 0.560. The molecule has 5 rings (SSSR count). The summed E-state index contributed by atoms with van der Waals surface area (Å²) < 4.78 is 29.6. The van der Waals surface area contributed by atoms with Gasteiger partial charge in [-0.15, -0.1) is 0 Å². The molecule has 11 heteroatoms. The van der Waals surface area contributed by atoms with Crippen molar-refractivity contribution in [3.63, 3.8) is 0 Å². The van der Waals surface area contributed by atoms with Crippen LogP contribution in [0.2, 0.25) is 0 Å². The van der Waals surface area contributed by atoms with Gasteiger partial charge in [-0.3, -0.25) is 0 Å². The lowest BCUT2D eigenvalue weighted by atomic mass is 9.96. The smallest absolute Gasteiger partial charge is 0.339 e. The number of carboxylic acids is 1. The minimum atomic E-state index is -0.959. The van der Waals surface area contributed by atoms with E-state index in [0.717, 1.165) is 27.8 Å². The standard InChI is InChI=1S/C24H34O6.C24H32O5.2CH4/c1-14-12-16(3)21(23(27)28)18(13-14)8-7-9-20-22(30-24(5,6)29-20)19(26)11-10-15(2)17(4)25;1-14-12-16(3)21-18(13-14)8-7-9-20-22(29-24(5,6)28-20)19(25)11-10-15(2)17(4)27-23(21)26;;/h7-8,10-13,15,17,19-20,22,25-26H,9H2,1-6H3,(H,27,28);7-8,10-13,15,17,19-20,22,25H,9H2,1-6H3;2*1H4/b8-7+,11-10-;8-7?,11-10-;;/t2*15-,17+,19?,20+,22-;;/m11../s1. The van der Waals surface area contributed by atoms with E-state index in [9.17, 15) is 30.0 Å². The average molecular weight is 851 g/mol. The monoisotopic (exact) mass is 851 g/mol. The number of cyclic esters (lactones) is 1. The van der Waals surface area contributed by atoms with Gasteiger partial charge in [-0.05, 0) is 110 Å². The van der Waals surface area contributed by atoms with E-state index in [-0.39, 0.29) is 50.4 Å². The number of carbonyl (C=O) groups excluding carboxylic acids is 1. The highest BCUT2D eigenvalue weighted by Gasteiger charge is 2.44. The molecule has 3 heterocycles. The molecule has 2 aromatic carbocycles. The van der Waals surface area contributed by atoms with E-state index in [1.165, 1.54) is 0 Å². The van der Waals surface area contributed by atoms with Crippen LogP contribution >= 0.6 is 0 Å². The maximum Gasteiger partial charge on any atom is 0.339 e. The summed E-state index contributed by atoms with van der Waals surface area (Å²) in [6.07, 6.45) is 11.3. The van der Waals surface area contributed by atoms with E-state index in [1.54, 1.807) is 52.0 Å². The van der Waals surface area contributed by atoms with E-state index < -0.39 is 54.2 Å². The van der Waals surface area contributed by atoms with E-state index in [2.05, 4.69) is 0 Å². The van der Waals surface area contributed by atoms with Crippen molar-refractivity contribution in [2.24, 2.45) is 11.8 Å². The number of carboxylic acid groups (broad SMARTS) is 1. The minimum Gasteiger partial charge on any atom is -0.478 e. The molecule has 0 bridgehead atoms. The van der Waals surface area contributed by atoms with Gasteiger partial charge in [-0.25, -0.2) is 9.59 Å². The third kappa shape index (κ3) is 14.6. The Labute approximate surface area is 365 Å². The van der Waals surface area contributed by atoms with Crippen LogP contribution in [0.25, 0.3) is 12.2 Å². The molecule has 2 saturated heterocycles. The van der Waals surface area contributed by atoms with E-state index in [1.807, 2.05) is 104 Å². The number of aliphatic hydroxyl groups excluding tert-OH is 3. The Morgan fingerprint density at radius 1 is 0.869 bits per heavy atom. The van der Waals surface area contributed by atoms with Crippen LogP contribution in [-0.2, 0) is 23.7 Å². The van der Waals surface area contributed by atoms with E-state index in [4.69, 9.17) is 23.7 Å². The molecular formula is C50H74O11. The first-order valence-electron chi connectivity index (χ1n) is 20.6. The summed E-state index contributed by atoms with van der Waals surface area (Å²) in [7, 11) is 0. The first kappa shape index (κ1) is 53.2. The van der Waals surface area contributed by atoms with Crippen LogP contribution < -0.4 is 0 Å². The van der Waals surface area contributed by atoms with Crippen molar-refractivity contribution in [3.8, 4) is 0 Å². The number of aromatic carboxylic acids is 1. The first-order valence-corrected chi connectivity index (χ1v) is 20.6. The Morgan fingerprint density at radius 3 is 2.13 bits per heavy atom. The van der Waals surface area contributed by atoms with Gasteiger partial charge in [0.15, 0.2) is 11.6 Å². The SMILES string of the molecule is C.C.Cc1cc(C)c(C(=O)O)c(/C=C/C[C@@H]2OC(C)(C)O[C@@H]2C(O)/C=C\[C@@H](C)[C@H](C)O)c1.Cc1cc(C)c2c(c1)C=CC[C@@H]1OC(C)(C)O[C@@H]1C(O)/C=C\[C@@H](C)[C@H](C)OC2=O. The Balaban J connectivity index is 0.000000407. The summed E-state index contributed by atoms with van der Waals surface area (Å²) in [5.74, 6) is -3.02. The first-order chi connectivity index (χ1) is 27.5. The number of hydrogen-bond acceptors (Lipinski definition) is 10. The summed E-state index contributed by atoms with van der Waals surface area (Å²) in [5.41, 5.74) is 6.03. The second kappa shape index (κ2) is 22.4. The molecule has 0 spiro atoms. The molecule has 0 amide bonds. The molecular weight excluding hydrogens is 777 g/mol. The number of hydrogen-bond donors (Lipinski definition) is 4. The van der Waals surface area contributed by atoms with Crippen molar-refractivity contribution in [1.29, 1.82) is 0 Å².